The first-order chi connectivity index (χ1) is 16.4. The molecule has 0 spiro atoms. The molecule has 7 nitrogen and oxygen atoms in total. The minimum absolute atomic E-state index is 0.0954. The van der Waals surface area contributed by atoms with Gasteiger partial charge in [-0.2, -0.15) is 0 Å². The number of imide groups is 1. The second kappa shape index (κ2) is 9.70. The van der Waals surface area contributed by atoms with Crippen LogP contribution in [0.1, 0.15) is 68.1 Å². The monoisotopic (exact) mass is 456 g/mol. The number of benzene rings is 3. The van der Waals surface area contributed by atoms with Crippen molar-refractivity contribution in [3.8, 4) is 0 Å². The molecule has 1 aliphatic heterocycles. The predicted octanol–water partition coefficient (Wildman–Crippen LogP) is 4.08. The van der Waals surface area contributed by atoms with Gasteiger partial charge < -0.3 is 10.1 Å². The van der Waals surface area contributed by atoms with Crippen LogP contribution < -0.4 is 5.32 Å². The highest BCUT2D eigenvalue weighted by Crippen LogP contribution is 2.31. The molecule has 3 aromatic rings. The maximum absolute atomic E-state index is 13.0. The number of nitrogens with zero attached hydrogens (tertiary/aromatic N) is 1. The van der Waals surface area contributed by atoms with Gasteiger partial charge in [-0.25, -0.2) is 4.79 Å². The maximum Gasteiger partial charge on any atom is 0.338 e. The Morgan fingerprint density at radius 2 is 1.41 bits per heavy atom. The number of hydrogen-bond acceptors (Lipinski definition) is 5. The average molecular weight is 456 g/mol. The van der Waals surface area contributed by atoms with Crippen molar-refractivity contribution in [3.05, 3.63) is 107 Å². The molecule has 1 heterocycles. The minimum atomic E-state index is -0.750. The molecule has 0 fully saturated rings. The fourth-order valence-corrected chi connectivity index (χ4v) is 3.94. The van der Waals surface area contributed by atoms with Crippen LogP contribution in [0.5, 0.6) is 0 Å². The first kappa shape index (κ1) is 22.9. The Labute approximate surface area is 197 Å². The summed E-state index contributed by atoms with van der Waals surface area (Å²) >= 11 is 0. The third-order valence-electron chi connectivity index (χ3n) is 5.83. The quantitative estimate of drug-likeness (QED) is 0.427. The lowest BCUT2D eigenvalue weighted by molar-refractivity contribution is -0.124. The topological polar surface area (TPSA) is 92.8 Å². The van der Waals surface area contributed by atoms with Crippen molar-refractivity contribution in [2.24, 2.45) is 0 Å². The molecule has 0 saturated carbocycles. The smallest absolute Gasteiger partial charge is 0.338 e. The molecule has 3 aromatic carbocycles. The molecule has 2 atom stereocenters. The Hall–Kier alpha value is -4.26. The Kier molecular flexibility index (Phi) is 6.54. The van der Waals surface area contributed by atoms with Crippen molar-refractivity contribution in [1.29, 1.82) is 0 Å². The maximum atomic E-state index is 13.0. The lowest BCUT2D eigenvalue weighted by Crippen LogP contribution is -2.32. The highest BCUT2D eigenvalue weighted by atomic mass is 16.5. The summed E-state index contributed by atoms with van der Waals surface area (Å²) in [7, 11) is 0. The van der Waals surface area contributed by atoms with E-state index in [1.165, 1.54) is 23.1 Å². The van der Waals surface area contributed by atoms with Crippen LogP contribution >= 0.6 is 0 Å². The number of ether oxygens (including phenoxy) is 1. The van der Waals surface area contributed by atoms with E-state index < -0.39 is 36.3 Å². The zero-order valence-corrected chi connectivity index (χ0v) is 18.9. The lowest BCUT2D eigenvalue weighted by atomic mass is 10.1. The first-order valence-corrected chi connectivity index (χ1v) is 10.9. The van der Waals surface area contributed by atoms with E-state index in [0.29, 0.717) is 0 Å². The molecular weight excluding hydrogens is 432 g/mol. The molecule has 0 saturated heterocycles. The van der Waals surface area contributed by atoms with Crippen LogP contribution in [0.3, 0.4) is 0 Å². The van der Waals surface area contributed by atoms with E-state index in [2.05, 4.69) is 5.32 Å². The number of hydrogen-bond donors (Lipinski definition) is 1. The second-order valence-electron chi connectivity index (χ2n) is 8.10. The molecule has 172 valence electrons. The fourth-order valence-electron chi connectivity index (χ4n) is 3.94. The van der Waals surface area contributed by atoms with Crippen LogP contribution in [-0.2, 0) is 9.53 Å². The molecule has 0 bridgehead atoms. The summed E-state index contributed by atoms with van der Waals surface area (Å²) in [5.74, 6) is -2.08. The van der Waals surface area contributed by atoms with Gasteiger partial charge in [0.2, 0.25) is 0 Å². The Bertz CT molecular complexity index is 1240. The Morgan fingerprint density at radius 3 is 2.06 bits per heavy atom. The van der Waals surface area contributed by atoms with Gasteiger partial charge in [-0.05, 0) is 43.2 Å². The third-order valence-corrected chi connectivity index (χ3v) is 5.83. The molecule has 4 rings (SSSR count). The normalized spacial score (nSPS) is 14.4. The van der Waals surface area contributed by atoms with Crippen LogP contribution in [0.15, 0.2) is 78.9 Å². The first-order valence-electron chi connectivity index (χ1n) is 10.9. The van der Waals surface area contributed by atoms with Crippen LogP contribution in [0, 0.1) is 0 Å². The molecule has 1 N–H and O–H groups in total. The van der Waals surface area contributed by atoms with Crippen molar-refractivity contribution < 1.29 is 23.9 Å². The molecular formula is C27H24N2O5. The highest BCUT2D eigenvalue weighted by molar-refractivity contribution is 6.22. The van der Waals surface area contributed by atoms with E-state index in [0.717, 1.165) is 11.1 Å². The molecule has 1 aliphatic rings. The van der Waals surface area contributed by atoms with E-state index in [1.54, 1.807) is 6.92 Å². The number of carbonyl (C=O) groups excluding carboxylic acids is 4. The van der Waals surface area contributed by atoms with Crippen LogP contribution in [-0.4, -0.2) is 35.2 Å². The molecule has 0 unspecified atom stereocenters. The van der Waals surface area contributed by atoms with E-state index >= 15 is 0 Å². The number of esters is 1. The van der Waals surface area contributed by atoms with Gasteiger partial charge in [0.1, 0.15) is 0 Å². The number of nitrogens with one attached hydrogen (secondary N) is 1. The van der Waals surface area contributed by atoms with Crippen LogP contribution in [0.2, 0.25) is 0 Å². The minimum Gasteiger partial charge on any atom is -0.452 e. The molecule has 7 heteroatoms. The predicted molar refractivity (Wildman–Crippen MR) is 125 cm³/mol. The van der Waals surface area contributed by atoms with E-state index in [-0.39, 0.29) is 22.7 Å². The molecule has 34 heavy (non-hydrogen) atoms. The van der Waals surface area contributed by atoms with Gasteiger partial charge in [0.25, 0.3) is 17.7 Å². The lowest BCUT2D eigenvalue weighted by Gasteiger charge is -2.22. The molecule has 0 aromatic heterocycles. The summed E-state index contributed by atoms with van der Waals surface area (Å²) < 4.78 is 5.13. The van der Waals surface area contributed by atoms with Gasteiger partial charge in [0, 0.05) is 0 Å². The van der Waals surface area contributed by atoms with Gasteiger partial charge in [-0.1, -0.05) is 60.7 Å². The molecule has 3 amide bonds. The van der Waals surface area contributed by atoms with E-state index in [1.807, 2.05) is 67.6 Å². The van der Waals surface area contributed by atoms with Gasteiger partial charge >= 0.3 is 5.97 Å². The number of fused-ring (bicyclic) bond motifs is 1. The largest absolute Gasteiger partial charge is 0.452 e. The number of amides is 3. The average Bonchev–Trinajstić information content (AvgIpc) is 3.12. The zero-order valence-electron chi connectivity index (χ0n) is 18.9. The van der Waals surface area contributed by atoms with Crippen molar-refractivity contribution in [1.82, 2.24) is 10.2 Å². The summed E-state index contributed by atoms with van der Waals surface area (Å²) in [6.45, 7) is 3.15. The highest BCUT2D eigenvalue weighted by Gasteiger charge is 2.39. The SMILES string of the molecule is C[C@H](NC(=O)COC(=O)c1ccc2c(c1)C(=O)N([C@H](C)c1ccccc1)C2=O)c1ccccc1. The van der Waals surface area contributed by atoms with Crippen molar-refractivity contribution in [3.63, 3.8) is 0 Å². The fraction of sp³-hybridized carbons (Fsp3) is 0.185. The standard InChI is InChI=1S/C27H24N2O5/c1-17(19-9-5-3-6-10-19)28-24(30)16-34-27(33)21-13-14-22-23(15-21)26(32)29(25(22)31)18(2)20-11-7-4-8-12-20/h3-15,17-18H,16H2,1-2H3,(H,28,30)/t17-,18+/m0/s1. The van der Waals surface area contributed by atoms with Gasteiger partial charge in [0.15, 0.2) is 6.61 Å². The summed E-state index contributed by atoms with van der Waals surface area (Å²) in [6.07, 6.45) is 0. The van der Waals surface area contributed by atoms with Crippen molar-refractivity contribution in [2.45, 2.75) is 25.9 Å². The number of carbonyl (C=O) groups is 4. The summed E-state index contributed by atoms with van der Waals surface area (Å²) in [5, 5.41) is 2.77. The third kappa shape index (κ3) is 4.59. The van der Waals surface area contributed by atoms with Crippen LogP contribution in [0.4, 0.5) is 0 Å². The Morgan fingerprint density at radius 1 is 0.824 bits per heavy atom. The molecule has 0 aliphatic carbocycles. The van der Waals surface area contributed by atoms with Crippen molar-refractivity contribution >= 4 is 23.7 Å². The van der Waals surface area contributed by atoms with Gasteiger partial charge in [-0.3, -0.25) is 19.3 Å². The summed E-state index contributed by atoms with van der Waals surface area (Å²) in [6, 6.07) is 22.2. The van der Waals surface area contributed by atoms with Gasteiger partial charge in [-0.15, -0.1) is 0 Å². The van der Waals surface area contributed by atoms with E-state index in [9.17, 15) is 19.2 Å². The summed E-state index contributed by atoms with van der Waals surface area (Å²) in [5.41, 5.74) is 2.23. The second-order valence-corrected chi connectivity index (χ2v) is 8.10. The number of rotatable bonds is 7. The van der Waals surface area contributed by atoms with E-state index in [4.69, 9.17) is 4.74 Å². The van der Waals surface area contributed by atoms with Crippen molar-refractivity contribution in [2.75, 3.05) is 6.61 Å². The van der Waals surface area contributed by atoms with Gasteiger partial charge in [0.05, 0.1) is 28.8 Å². The van der Waals surface area contributed by atoms with Crippen LogP contribution in [0.25, 0.3) is 0 Å². The Balaban J connectivity index is 1.41. The molecule has 0 radical (unpaired) electrons. The summed E-state index contributed by atoms with van der Waals surface area (Å²) in [4.78, 5) is 51.8. The zero-order chi connectivity index (χ0) is 24.2.